The van der Waals surface area contributed by atoms with E-state index in [1.807, 2.05) is 37.3 Å². The van der Waals surface area contributed by atoms with Crippen LogP contribution in [0.15, 0.2) is 46.9 Å². The van der Waals surface area contributed by atoms with E-state index in [9.17, 15) is 4.79 Å². The molecule has 4 nitrogen and oxygen atoms in total. The zero-order chi connectivity index (χ0) is 18.4. The summed E-state index contributed by atoms with van der Waals surface area (Å²) in [4.78, 5) is 12.1. The van der Waals surface area contributed by atoms with E-state index in [1.54, 1.807) is 0 Å². The average Bonchev–Trinajstić information content (AvgIpc) is 2.56. The highest BCUT2D eigenvalue weighted by atomic mass is 79.9. The first-order chi connectivity index (χ1) is 11.8. The minimum Gasteiger partial charge on any atom is -0.353 e. The molecule has 0 bridgehead atoms. The molecule has 0 fully saturated rings. The fourth-order valence-corrected chi connectivity index (χ4v) is 2.91. The van der Waals surface area contributed by atoms with Crippen LogP contribution in [0.25, 0.3) is 0 Å². The normalized spacial score (nSPS) is 10.4. The fraction of sp³-hybridized carbons (Fsp3) is 0.263. The number of aryl methyl sites for hydroxylation is 1. The van der Waals surface area contributed by atoms with Gasteiger partial charge in [0, 0.05) is 15.8 Å². The molecule has 0 spiro atoms. The lowest BCUT2D eigenvalue weighted by Gasteiger charge is -2.13. The molecule has 0 heterocycles. The fourth-order valence-electron chi connectivity index (χ4n) is 2.25. The maximum absolute atomic E-state index is 12.1. The number of rotatable bonds is 5. The van der Waals surface area contributed by atoms with Crippen molar-refractivity contribution in [1.82, 2.24) is 5.32 Å². The van der Waals surface area contributed by atoms with Gasteiger partial charge in [-0.15, -0.1) is 0 Å². The Morgan fingerprint density at radius 1 is 1.12 bits per heavy atom. The van der Waals surface area contributed by atoms with Gasteiger partial charge in [0.1, 0.15) is 0 Å². The van der Waals surface area contributed by atoms with Crippen LogP contribution < -0.4 is 16.0 Å². The number of anilines is 2. The van der Waals surface area contributed by atoms with Crippen LogP contribution in [0.4, 0.5) is 11.4 Å². The number of amides is 1. The number of benzene rings is 2. The molecule has 0 aromatic heterocycles. The summed E-state index contributed by atoms with van der Waals surface area (Å²) in [7, 11) is 0. The highest BCUT2D eigenvalue weighted by Gasteiger charge is 2.06. The number of carbonyl (C=O) groups excluding carboxylic acids is 1. The van der Waals surface area contributed by atoms with Crippen molar-refractivity contribution in [3.63, 3.8) is 0 Å². The van der Waals surface area contributed by atoms with E-state index in [1.165, 1.54) is 5.56 Å². The monoisotopic (exact) mass is 419 g/mol. The first-order valence-corrected chi connectivity index (χ1v) is 9.26. The number of nitrogens with one attached hydrogen (secondary N) is 3. The van der Waals surface area contributed by atoms with Crippen molar-refractivity contribution >= 4 is 50.5 Å². The number of thiocarbonyl (C=S) groups is 1. The van der Waals surface area contributed by atoms with Gasteiger partial charge < -0.3 is 16.0 Å². The molecular formula is C19H22BrN3OS. The largest absolute Gasteiger partial charge is 0.353 e. The molecule has 6 heteroatoms. The lowest BCUT2D eigenvalue weighted by molar-refractivity contribution is -0.115. The zero-order valence-electron chi connectivity index (χ0n) is 14.5. The van der Waals surface area contributed by atoms with Crippen molar-refractivity contribution < 1.29 is 4.79 Å². The van der Waals surface area contributed by atoms with Gasteiger partial charge in [0.2, 0.25) is 5.91 Å². The standard InChI is InChI=1S/C19H22BrN3OS/c1-12(2)14-4-7-16(8-5-14)22-19(25)21-11-18(24)23-17-9-6-15(20)10-13(17)3/h4-10,12H,11H2,1-3H3,(H,23,24)(H2,21,22,25). The summed E-state index contributed by atoms with van der Waals surface area (Å²) < 4.78 is 0.981. The van der Waals surface area contributed by atoms with Crippen LogP contribution in [0.5, 0.6) is 0 Å². The summed E-state index contributed by atoms with van der Waals surface area (Å²) in [6, 6.07) is 13.8. The van der Waals surface area contributed by atoms with E-state index in [-0.39, 0.29) is 12.5 Å². The number of hydrogen-bond acceptors (Lipinski definition) is 2. The summed E-state index contributed by atoms with van der Waals surface area (Å²) in [6.07, 6.45) is 0. The molecule has 0 unspecified atom stereocenters. The van der Waals surface area contributed by atoms with Gasteiger partial charge in [0.25, 0.3) is 0 Å². The Hall–Kier alpha value is -1.92. The molecule has 2 aromatic carbocycles. The molecule has 25 heavy (non-hydrogen) atoms. The molecule has 1 amide bonds. The maximum atomic E-state index is 12.1. The second-order valence-electron chi connectivity index (χ2n) is 6.09. The molecule has 0 aliphatic rings. The van der Waals surface area contributed by atoms with Crippen LogP contribution >= 0.6 is 28.1 Å². The molecule has 132 valence electrons. The van der Waals surface area contributed by atoms with Gasteiger partial charge in [-0.05, 0) is 66.5 Å². The maximum Gasteiger partial charge on any atom is 0.243 e. The average molecular weight is 420 g/mol. The van der Waals surface area contributed by atoms with Gasteiger partial charge >= 0.3 is 0 Å². The Kier molecular flexibility index (Phi) is 6.96. The van der Waals surface area contributed by atoms with Crippen LogP contribution in [0.3, 0.4) is 0 Å². The van der Waals surface area contributed by atoms with Gasteiger partial charge in [-0.3, -0.25) is 4.79 Å². The second kappa shape index (κ2) is 8.97. The summed E-state index contributed by atoms with van der Waals surface area (Å²) in [5.74, 6) is 0.342. The van der Waals surface area contributed by atoms with Crippen LogP contribution in [0.2, 0.25) is 0 Å². The van der Waals surface area contributed by atoms with E-state index in [4.69, 9.17) is 12.2 Å². The van der Waals surface area contributed by atoms with Crippen molar-refractivity contribution in [2.45, 2.75) is 26.7 Å². The van der Waals surface area contributed by atoms with Crippen LogP contribution in [0.1, 0.15) is 30.9 Å². The summed E-state index contributed by atoms with van der Waals surface area (Å²) in [5, 5.41) is 9.28. The minimum absolute atomic E-state index is 0.103. The van der Waals surface area contributed by atoms with Crippen molar-refractivity contribution in [2.75, 3.05) is 17.2 Å². The Morgan fingerprint density at radius 3 is 2.40 bits per heavy atom. The molecule has 2 rings (SSSR count). The van der Waals surface area contributed by atoms with Crippen LogP contribution in [-0.2, 0) is 4.79 Å². The van der Waals surface area contributed by atoms with Crippen molar-refractivity contribution in [3.8, 4) is 0 Å². The SMILES string of the molecule is Cc1cc(Br)ccc1NC(=O)CNC(=S)Nc1ccc(C(C)C)cc1. The van der Waals surface area contributed by atoms with E-state index < -0.39 is 0 Å². The van der Waals surface area contributed by atoms with E-state index in [0.29, 0.717) is 11.0 Å². The molecule has 2 aromatic rings. The third-order valence-corrected chi connectivity index (χ3v) is 4.45. The molecular weight excluding hydrogens is 398 g/mol. The molecule has 0 aliphatic carbocycles. The third-order valence-electron chi connectivity index (χ3n) is 3.71. The Bertz CT molecular complexity index is 760. The van der Waals surface area contributed by atoms with Gasteiger partial charge in [0.05, 0.1) is 6.54 Å². The zero-order valence-corrected chi connectivity index (χ0v) is 16.9. The van der Waals surface area contributed by atoms with Crippen molar-refractivity contribution in [3.05, 3.63) is 58.1 Å². The predicted molar refractivity (Wildman–Crippen MR) is 112 cm³/mol. The van der Waals surface area contributed by atoms with E-state index in [0.717, 1.165) is 21.4 Å². The highest BCUT2D eigenvalue weighted by Crippen LogP contribution is 2.20. The second-order valence-corrected chi connectivity index (χ2v) is 7.42. The quantitative estimate of drug-likeness (QED) is 0.608. The number of carbonyl (C=O) groups is 1. The molecule has 0 saturated carbocycles. The van der Waals surface area contributed by atoms with Crippen molar-refractivity contribution in [1.29, 1.82) is 0 Å². The van der Waals surface area contributed by atoms with E-state index >= 15 is 0 Å². The number of halogens is 1. The van der Waals surface area contributed by atoms with Crippen molar-refractivity contribution in [2.24, 2.45) is 0 Å². The Labute approximate surface area is 162 Å². The Balaban J connectivity index is 1.81. The van der Waals surface area contributed by atoms with Gasteiger partial charge in [-0.1, -0.05) is 41.9 Å². The van der Waals surface area contributed by atoms with Gasteiger partial charge in [-0.2, -0.15) is 0 Å². The van der Waals surface area contributed by atoms with Crippen LogP contribution in [0, 0.1) is 6.92 Å². The summed E-state index contributed by atoms with van der Waals surface area (Å²) in [6.45, 7) is 6.35. The smallest absolute Gasteiger partial charge is 0.243 e. The number of hydrogen-bond donors (Lipinski definition) is 3. The first kappa shape index (κ1) is 19.4. The first-order valence-electron chi connectivity index (χ1n) is 8.06. The molecule has 0 atom stereocenters. The molecule has 0 aliphatic heterocycles. The minimum atomic E-state index is -0.148. The third kappa shape index (κ3) is 6.14. The van der Waals surface area contributed by atoms with E-state index in [2.05, 4.69) is 57.9 Å². The summed E-state index contributed by atoms with van der Waals surface area (Å²) in [5.41, 5.74) is 3.95. The Morgan fingerprint density at radius 2 is 1.80 bits per heavy atom. The molecule has 0 radical (unpaired) electrons. The highest BCUT2D eigenvalue weighted by molar-refractivity contribution is 9.10. The van der Waals surface area contributed by atoms with Crippen LogP contribution in [-0.4, -0.2) is 17.6 Å². The lowest BCUT2D eigenvalue weighted by Crippen LogP contribution is -2.35. The molecule has 0 saturated heterocycles. The topological polar surface area (TPSA) is 53.2 Å². The van der Waals surface area contributed by atoms with Gasteiger partial charge in [0.15, 0.2) is 5.11 Å². The predicted octanol–water partition coefficient (Wildman–Crippen LogP) is 4.81. The lowest BCUT2D eigenvalue weighted by atomic mass is 10.0. The molecule has 3 N–H and O–H groups in total. The summed E-state index contributed by atoms with van der Waals surface area (Å²) >= 11 is 8.64. The van der Waals surface area contributed by atoms with Gasteiger partial charge in [-0.25, -0.2) is 0 Å².